The first kappa shape index (κ1) is 93.0. The standard InChI is InChI=1S/C23H19NO5.C18H19NO5.C17H16N2O4.2C17H17NO5/c25-21(26)14-11-15-9-12-16(13-10-15)24-22(27)19-7-3-1-5-17(19)18-6-2-4-8-20(18)23(28)29;1-24-14-9-10-16(20)15(11-14)18(23)19-13-7-5-12(6-8-13)3-2-4-17(21)22;20-11-18-15-4-2-1-3-14(15)17(23)19-13-8-5-12(6-9-13)7-10-16(21)22;1-23-13-7-8-15(19)14(10-13)17(22)18-12-5-2-11(3-6-12)4-9-16(20)21;1-23-13-7-8-14(15(19)10-13)17(22)18-12-5-2-11(3-6-12)4-9-16(20)21/h1-10,12-13H,11,14H2,(H,24,27)(H,25,26)(H,28,29);5-11,20H,2-4H2,1H3,(H,19,23)(H,21,22);1-6,8-9,11H,7,10H2,(H,18,20)(H,19,23)(H,21,22);2*2-3,5-8,10,19H,4,9H2,1H3,(H,18,22)(H,20,21). The Morgan fingerprint density at radius 3 is 0.910 bits per heavy atom. The molecule has 0 atom stereocenters. The number of carboxylic acids is 6. The van der Waals surface area contributed by atoms with Crippen molar-refractivity contribution in [3.63, 3.8) is 0 Å². The number of aromatic carboxylic acids is 1. The lowest BCUT2D eigenvalue weighted by Crippen LogP contribution is -2.14. The van der Waals surface area contributed by atoms with Gasteiger partial charge in [0.15, 0.2) is 0 Å². The van der Waals surface area contributed by atoms with E-state index in [2.05, 4.69) is 31.9 Å². The normalized spacial score (nSPS) is 10.2. The van der Waals surface area contributed by atoms with E-state index in [1.807, 2.05) is 12.1 Å². The van der Waals surface area contributed by atoms with Crippen LogP contribution in [0.3, 0.4) is 0 Å². The summed E-state index contributed by atoms with van der Waals surface area (Å²) in [5.74, 6) is -6.34. The Hall–Kier alpha value is -16.1. The zero-order chi connectivity index (χ0) is 88.6. The van der Waals surface area contributed by atoms with E-state index in [1.165, 1.54) is 63.8 Å². The lowest BCUT2D eigenvalue weighted by molar-refractivity contribution is -0.138. The lowest BCUT2D eigenvalue weighted by atomic mass is 9.95. The van der Waals surface area contributed by atoms with Crippen molar-refractivity contribution in [1.82, 2.24) is 0 Å². The second kappa shape index (κ2) is 47.8. The molecule has 11 rings (SSSR count). The Balaban J connectivity index is 0.000000211. The zero-order valence-electron chi connectivity index (χ0n) is 66.2. The number of hydrogen-bond acceptors (Lipinski definition) is 18. The molecule has 0 fully saturated rings. The maximum Gasteiger partial charge on any atom is 0.336 e. The lowest BCUT2D eigenvalue weighted by Gasteiger charge is -2.12. The van der Waals surface area contributed by atoms with Crippen molar-refractivity contribution in [3.8, 4) is 45.6 Å². The highest BCUT2D eigenvalue weighted by Crippen LogP contribution is 2.31. The molecule has 122 heavy (non-hydrogen) atoms. The van der Waals surface area contributed by atoms with Crippen LogP contribution in [0.4, 0.5) is 34.1 Å². The second-order valence-electron chi connectivity index (χ2n) is 26.4. The Kier molecular flexibility index (Phi) is 36.4. The molecule has 0 spiro atoms. The van der Waals surface area contributed by atoms with Gasteiger partial charge in [-0.3, -0.25) is 52.7 Å². The SMILES string of the molecule is COc1ccc(C(=O)Nc2ccc(CCC(=O)O)cc2)c(O)c1.COc1ccc(O)c(C(=O)Nc2ccc(CCC(=O)O)cc2)c1.COc1ccc(O)c(C(=O)Nc2ccc(CCCC(=O)O)cc2)c1.O=C(O)CCc1ccc(NC(=O)c2ccccc2-c2ccccc2C(=O)O)cc1.O=CNc1ccccc1C(=O)Nc1ccc(CCC(=O)O)cc1. The first-order valence-electron chi connectivity index (χ1n) is 37.5. The molecule has 0 aromatic heterocycles. The van der Waals surface area contributed by atoms with Crippen molar-refractivity contribution in [1.29, 1.82) is 0 Å². The predicted molar refractivity (Wildman–Crippen MR) is 455 cm³/mol. The topological polar surface area (TPSA) is 487 Å². The van der Waals surface area contributed by atoms with Crippen LogP contribution in [0, 0.1) is 0 Å². The van der Waals surface area contributed by atoms with E-state index in [0.29, 0.717) is 119 Å². The third kappa shape index (κ3) is 30.8. The number of carbonyl (C=O) groups is 12. The molecule has 0 bridgehead atoms. The fourth-order valence-electron chi connectivity index (χ4n) is 11.4. The molecule has 30 heteroatoms. The fourth-order valence-corrected chi connectivity index (χ4v) is 11.4. The number of aromatic hydroxyl groups is 3. The van der Waals surface area contributed by atoms with Crippen LogP contribution in [0.25, 0.3) is 11.1 Å². The molecule has 0 heterocycles. The number of benzene rings is 11. The first-order chi connectivity index (χ1) is 58.5. The molecular formula is C92H88N6O24. The van der Waals surface area contributed by atoms with Gasteiger partial charge in [0.25, 0.3) is 29.5 Å². The van der Waals surface area contributed by atoms with Crippen LogP contribution in [0.1, 0.15) is 128 Å². The van der Waals surface area contributed by atoms with Gasteiger partial charge in [-0.1, -0.05) is 109 Å². The van der Waals surface area contributed by atoms with Gasteiger partial charge in [0.05, 0.1) is 54.8 Å². The summed E-state index contributed by atoms with van der Waals surface area (Å²) in [6, 6.07) is 68.2. The average Bonchev–Trinajstić information content (AvgIpc) is 0.804. The number of anilines is 6. The van der Waals surface area contributed by atoms with Gasteiger partial charge in [-0.05, 0) is 211 Å². The zero-order valence-corrected chi connectivity index (χ0v) is 66.2. The van der Waals surface area contributed by atoms with Gasteiger partial charge in [0, 0.05) is 72.2 Å². The van der Waals surface area contributed by atoms with E-state index in [4.69, 9.17) is 39.7 Å². The minimum atomic E-state index is -1.06. The molecule has 0 aliphatic rings. The highest BCUT2D eigenvalue weighted by molar-refractivity contribution is 6.12. The van der Waals surface area contributed by atoms with Crippen LogP contribution in [-0.4, -0.2) is 139 Å². The minimum Gasteiger partial charge on any atom is -0.507 e. The molecule has 0 unspecified atom stereocenters. The fraction of sp³-hybridized carbons (Fsp3) is 0.152. The summed E-state index contributed by atoms with van der Waals surface area (Å²) >= 11 is 0. The number of amides is 6. The summed E-state index contributed by atoms with van der Waals surface area (Å²) in [6.07, 6.45) is 3.83. The molecule has 0 saturated heterocycles. The maximum absolute atomic E-state index is 12.9. The number of rotatable bonds is 33. The number of nitrogens with one attached hydrogen (secondary N) is 6. The van der Waals surface area contributed by atoms with E-state index >= 15 is 0 Å². The Morgan fingerprint density at radius 2 is 0.574 bits per heavy atom. The number of hydrogen-bond donors (Lipinski definition) is 15. The number of aliphatic carboxylic acids is 5. The molecule has 11 aromatic carbocycles. The van der Waals surface area contributed by atoms with Crippen molar-refractivity contribution in [2.45, 2.75) is 70.6 Å². The second-order valence-corrected chi connectivity index (χ2v) is 26.4. The van der Waals surface area contributed by atoms with Crippen LogP contribution in [0.2, 0.25) is 0 Å². The summed E-state index contributed by atoms with van der Waals surface area (Å²) in [4.78, 5) is 137. The quantitative estimate of drug-likeness (QED) is 0.0170. The van der Waals surface area contributed by atoms with E-state index in [1.54, 1.807) is 194 Å². The molecule has 0 aliphatic carbocycles. The van der Waals surface area contributed by atoms with E-state index < -0.39 is 53.5 Å². The summed E-state index contributed by atoms with van der Waals surface area (Å²) < 4.78 is 15.0. The van der Waals surface area contributed by atoms with Gasteiger partial charge >= 0.3 is 35.8 Å². The number of methoxy groups -OCH3 is 3. The first-order valence-corrected chi connectivity index (χ1v) is 37.5. The monoisotopic (exact) mass is 1660 g/mol. The van der Waals surface area contributed by atoms with Gasteiger partial charge in [0.1, 0.15) is 34.5 Å². The number of carboxylic acid groups (broad SMARTS) is 6. The number of para-hydroxylation sites is 1. The van der Waals surface area contributed by atoms with Crippen LogP contribution >= 0.6 is 0 Å². The molecule has 0 saturated carbocycles. The minimum absolute atomic E-state index is 0.0437. The number of aryl methyl sites for hydroxylation is 5. The van der Waals surface area contributed by atoms with Crippen molar-refractivity contribution in [3.05, 3.63) is 310 Å². The Morgan fingerprint density at radius 1 is 0.287 bits per heavy atom. The van der Waals surface area contributed by atoms with Crippen molar-refractivity contribution < 1.29 is 118 Å². The van der Waals surface area contributed by atoms with Crippen molar-refractivity contribution in [2.75, 3.05) is 53.2 Å². The predicted octanol–water partition coefficient (Wildman–Crippen LogP) is 15.2. The average molecular weight is 1660 g/mol. The molecule has 15 N–H and O–H groups in total. The van der Waals surface area contributed by atoms with Gasteiger partial charge in [0.2, 0.25) is 6.41 Å². The largest absolute Gasteiger partial charge is 0.507 e. The molecule has 0 aliphatic heterocycles. The molecule has 0 radical (unpaired) electrons. The van der Waals surface area contributed by atoms with E-state index in [0.717, 1.165) is 27.8 Å². The summed E-state index contributed by atoms with van der Waals surface area (Å²) in [6.45, 7) is 0. The summed E-state index contributed by atoms with van der Waals surface area (Å²) in [5, 5.41) is 98.3. The molecule has 6 amide bonds. The third-order valence-electron chi connectivity index (χ3n) is 17.8. The molecule has 630 valence electrons. The highest BCUT2D eigenvalue weighted by Gasteiger charge is 2.21. The summed E-state index contributed by atoms with van der Waals surface area (Å²) in [7, 11) is 4.43. The van der Waals surface area contributed by atoms with Gasteiger partial charge in [-0.25, -0.2) is 4.79 Å². The number of carbonyl (C=O) groups excluding carboxylic acids is 6. The molecular weight excluding hydrogens is 1570 g/mol. The number of ether oxygens (including phenoxy) is 3. The number of phenols is 3. The van der Waals surface area contributed by atoms with E-state index in [-0.39, 0.29) is 83.4 Å². The van der Waals surface area contributed by atoms with Gasteiger partial charge in [-0.2, -0.15) is 0 Å². The maximum atomic E-state index is 12.9. The smallest absolute Gasteiger partial charge is 0.336 e. The van der Waals surface area contributed by atoms with Crippen LogP contribution in [0.5, 0.6) is 34.5 Å². The third-order valence-corrected chi connectivity index (χ3v) is 17.8. The Labute approximate surface area is 699 Å². The van der Waals surface area contributed by atoms with Crippen molar-refractivity contribution in [2.24, 2.45) is 0 Å². The van der Waals surface area contributed by atoms with Crippen molar-refractivity contribution >= 4 is 106 Å². The molecule has 11 aromatic rings. The Bertz CT molecular complexity index is 5470. The van der Waals surface area contributed by atoms with Crippen LogP contribution in [-0.2, 0) is 60.9 Å². The molecule has 30 nitrogen and oxygen atoms in total. The van der Waals surface area contributed by atoms with Crippen LogP contribution < -0.4 is 46.1 Å². The van der Waals surface area contributed by atoms with Gasteiger partial charge < -0.3 is 92.1 Å². The summed E-state index contributed by atoms with van der Waals surface area (Å²) in [5.41, 5.74) is 9.98. The van der Waals surface area contributed by atoms with E-state index in [9.17, 15) is 78.0 Å². The van der Waals surface area contributed by atoms with Gasteiger partial charge in [-0.15, -0.1) is 0 Å². The van der Waals surface area contributed by atoms with Crippen LogP contribution in [0.15, 0.2) is 249 Å². The highest BCUT2D eigenvalue weighted by atomic mass is 16.5. The number of phenolic OH excluding ortho intramolecular Hbond substituents is 3.